The van der Waals surface area contributed by atoms with Gasteiger partial charge >= 0.3 is 0 Å². The van der Waals surface area contributed by atoms with Crippen LogP contribution in [0.25, 0.3) is 0 Å². The van der Waals surface area contributed by atoms with E-state index in [9.17, 15) is 9.59 Å². The Kier molecular flexibility index (Phi) is 5.20. The van der Waals surface area contributed by atoms with Crippen molar-refractivity contribution in [1.82, 2.24) is 0 Å². The lowest BCUT2D eigenvalue weighted by atomic mass is 9.74. The number of methoxy groups -OCH3 is 3. The zero-order chi connectivity index (χ0) is 23.9. The smallest absolute Gasteiger partial charge is 0.277 e. The highest BCUT2D eigenvalue weighted by Crippen LogP contribution is 2.50. The Labute approximate surface area is 196 Å². The number of para-hydroxylation sites is 1. The summed E-state index contributed by atoms with van der Waals surface area (Å²) in [6, 6.07) is 19.1. The third kappa shape index (κ3) is 3.10. The van der Waals surface area contributed by atoms with Crippen molar-refractivity contribution in [2.75, 3.05) is 26.6 Å². The van der Waals surface area contributed by atoms with Crippen molar-refractivity contribution in [1.29, 1.82) is 0 Å². The lowest BCUT2D eigenvalue weighted by Crippen LogP contribution is -2.46. The first-order valence-corrected chi connectivity index (χ1v) is 10.6. The third-order valence-corrected chi connectivity index (χ3v) is 6.18. The van der Waals surface area contributed by atoms with E-state index in [-0.39, 0.29) is 5.78 Å². The second-order valence-corrected chi connectivity index (χ2v) is 7.90. The van der Waals surface area contributed by atoms with Gasteiger partial charge in [0.2, 0.25) is 0 Å². The average molecular weight is 458 g/mol. The molecule has 2 aliphatic rings. The summed E-state index contributed by atoms with van der Waals surface area (Å²) < 4.78 is 16.2. The number of carbonyl (C=O) groups excluding carboxylic acids is 2. The van der Waals surface area contributed by atoms with Gasteiger partial charge in [-0.15, -0.1) is 0 Å². The number of rotatable bonds is 6. The molecule has 8 heteroatoms. The highest BCUT2D eigenvalue weighted by atomic mass is 16.7. The summed E-state index contributed by atoms with van der Waals surface area (Å²) in [7, 11) is 4.59. The van der Waals surface area contributed by atoms with E-state index in [1.165, 1.54) is 14.2 Å². The van der Waals surface area contributed by atoms with Crippen LogP contribution in [-0.2, 0) is 15.2 Å². The van der Waals surface area contributed by atoms with Crippen LogP contribution < -0.4 is 19.5 Å². The standard InChI is InChI=1S/C26H22N2O6/c1-31-16-8-6-7-15(13-16)24(29)22-23(18-12-11-17(32-2)14-21(18)33-3)28-34-26(22)19-9-4-5-10-20(19)27-25(26)30/h4-14,22H,1-3H3,(H,27,30)/t22-,26+/m1/s1. The van der Waals surface area contributed by atoms with Crippen molar-refractivity contribution >= 4 is 23.1 Å². The van der Waals surface area contributed by atoms with E-state index in [0.717, 1.165) is 0 Å². The number of ether oxygens (including phenoxy) is 3. The number of nitrogens with zero attached hydrogens (tertiary/aromatic N) is 1. The van der Waals surface area contributed by atoms with Crippen molar-refractivity contribution in [3.63, 3.8) is 0 Å². The summed E-state index contributed by atoms with van der Waals surface area (Å²) in [6.07, 6.45) is 0. The van der Waals surface area contributed by atoms with E-state index >= 15 is 0 Å². The summed E-state index contributed by atoms with van der Waals surface area (Å²) >= 11 is 0. The maximum absolute atomic E-state index is 14.1. The number of Topliss-reactive ketones (excluding diaryl/α,β-unsaturated/α-hetero) is 1. The molecule has 3 aromatic carbocycles. The largest absolute Gasteiger partial charge is 0.497 e. The van der Waals surface area contributed by atoms with Crippen molar-refractivity contribution in [2.24, 2.45) is 11.1 Å². The maximum atomic E-state index is 14.1. The molecule has 0 unspecified atom stereocenters. The normalized spacial score (nSPS) is 20.3. The highest BCUT2D eigenvalue weighted by molar-refractivity contribution is 6.25. The molecular weight excluding hydrogens is 436 g/mol. The van der Waals surface area contributed by atoms with E-state index < -0.39 is 17.4 Å². The molecule has 0 aromatic heterocycles. The number of oxime groups is 1. The van der Waals surface area contributed by atoms with E-state index in [4.69, 9.17) is 19.0 Å². The van der Waals surface area contributed by atoms with Gasteiger partial charge in [0, 0.05) is 28.4 Å². The topological polar surface area (TPSA) is 95.5 Å². The van der Waals surface area contributed by atoms with Crippen LogP contribution in [0.5, 0.6) is 17.2 Å². The average Bonchev–Trinajstić information content (AvgIpc) is 3.41. The zero-order valence-electron chi connectivity index (χ0n) is 18.8. The summed E-state index contributed by atoms with van der Waals surface area (Å²) in [5, 5.41) is 7.15. The summed E-state index contributed by atoms with van der Waals surface area (Å²) in [6.45, 7) is 0. The minimum Gasteiger partial charge on any atom is -0.497 e. The highest BCUT2D eigenvalue weighted by Gasteiger charge is 2.63. The summed E-state index contributed by atoms with van der Waals surface area (Å²) in [4.78, 5) is 33.4. The summed E-state index contributed by atoms with van der Waals surface area (Å²) in [5.41, 5.74) is 0.655. The number of hydrogen-bond acceptors (Lipinski definition) is 7. The Bertz CT molecular complexity index is 1330. The zero-order valence-corrected chi connectivity index (χ0v) is 18.8. The number of benzene rings is 3. The number of hydrogen-bond donors (Lipinski definition) is 1. The van der Waals surface area contributed by atoms with E-state index in [1.807, 2.05) is 0 Å². The minimum absolute atomic E-state index is 0.291. The molecule has 3 aromatic rings. The Balaban J connectivity index is 1.71. The molecule has 0 bridgehead atoms. The fourth-order valence-corrected chi connectivity index (χ4v) is 4.52. The van der Waals surface area contributed by atoms with Crippen LogP contribution in [0.2, 0.25) is 0 Å². The van der Waals surface area contributed by atoms with E-state index in [1.54, 1.807) is 73.8 Å². The van der Waals surface area contributed by atoms with Crippen molar-refractivity contribution < 1.29 is 28.6 Å². The number of ketones is 1. The van der Waals surface area contributed by atoms with Gasteiger partial charge in [0.1, 0.15) is 28.9 Å². The fraction of sp³-hybridized carbons (Fsp3) is 0.192. The molecule has 0 fully saturated rings. The van der Waals surface area contributed by atoms with Crippen molar-refractivity contribution in [3.05, 3.63) is 83.4 Å². The van der Waals surface area contributed by atoms with Crippen molar-refractivity contribution in [3.8, 4) is 17.2 Å². The van der Waals surface area contributed by atoms with Crippen LogP contribution in [0.1, 0.15) is 21.5 Å². The van der Waals surface area contributed by atoms with Gasteiger partial charge in [0.15, 0.2) is 5.78 Å². The number of amides is 1. The molecule has 0 saturated heterocycles. The fourth-order valence-electron chi connectivity index (χ4n) is 4.52. The maximum Gasteiger partial charge on any atom is 0.277 e. The SMILES string of the molecule is COc1cccc(C(=O)[C@H]2C(c3ccc(OC)cc3OC)=NO[C@]23C(=O)Nc2ccccc23)c1. The molecule has 172 valence electrons. The molecule has 34 heavy (non-hydrogen) atoms. The van der Waals surface area contributed by atoms with Gasteiger partial charge in [0.05, 0.1) is 21.3 Å². The Morgan fingerprint density at radius 3 is 2.47 bits per heavy atom. The van der Waals surface area contributed by atoms with Gasteiger partial charge in [-0.3, -0.25) is 9.59 Å². The van der Waals surface area contributed by atoms with Gasteiger partial charge in [-0.1, -0.05) is 35.5 Å². The first-order valence-electron chi connectivity index (χ1n) is 10.6. The van der Waals surface area contributed by atoms with Gasteiger partial charge in [-0.05, 0) is 30.3 Å². The Morgan fingerprint density at radius 2 is 1.71 bits per heavy atom. The summed E-state index contributed by atoms with van der Waals surface area (Å²) in [5.74, 6) is -0.328. The molecule has 1 spiro atoms. The molecule has 2 heterocycles. The molecule has 0 aliphatic carbocycles. The molecule has 8 nitrogen and oxygen atoms in total. The van der Waals surface area contributed by atoms with Crippen LogP contribution >= 0.6 is 0 Å². The quantitative estimate of drug-likeness (QED) is 0.565. The second kappa shape index (κ2) is 8.22. The van der Waals surface area contributed by atoms with Gasteiger partial charge in [-0.25, -0.2) is 0 Å². The molecule has 1 amide bonds. The van der Waals surface area contributed by atoms with Gasteiger partial charge < -0.3 is 24.4 Å². The lowest BCUT2D eigenvalue weighted by Gasteiger charge is -2.27. The molecule has 2 atom stereocenters. The van der Waals surface area contributed by atoms with Crippen molar-refractivity contribution in [2.45, 2.75) is 5.60 Å². The predicted molar refractivity (Wildman–Crippen MR) is 125 cm³/mol. The van der Waals surface area contributed by atoms with E-state index in [0.29, 0.717) is 45.3 Å². The molecule has 1 N–H and O–H groups in total. The first kappa shape index (κ1) is 21.5. The first-order chi connectivity index (χ1) is 16.5. The molecule has 2 aliphatic heterocycles. The number of carbonyl (C=O) groups is 2. The van der Waals surface area contributed by atoms with Crippen LogP contribution in [0.3, 0.4) is 0 Å². The van der Waals surface area contributed by atoms with Crippen LogP contribution in [0.4, 0.5) is 5.69 Å². The lowest BCUT2D eigenvalue weighted by molar-refractivity contribution is -0.140. The second-order valence-electron chi connectivity index (χ2n) is 7.90. The Morgan fingerprint density at radius 1 is 0.941 bits per heavy atom. The number of nitrogens with one attached hydrogen (secondary N) is 1. The molecule has 0 radical (unpaired) electrons. The van der Waals surface area contributed by atoms with Gasteiger partial charge in [0.25, 0.3) is 11.5 Å². The molecule has 5 rings (SSSR count). The Hall–Kier alpha value is -4.33. The molecular formula is C26H22N2O6. The van der Waals surface area contributed by atoms with Crippen LogP contribution in [-0.4, -0.2) is 38.7 Å². The van der Waals surface area contributed by atoms with Crippen LogP contribution in [0.15, 0.2) is 71.9 Å². The minimum atomic E-state index is -1.66. The van der Waals surface area contributed by atoms with Gasteiger partial charge in [-0.2, -0.15) is 0 Å². The van der Waals surface area contributed by atoms with Crippen LogP contribution in [0, 0.1) is 5.92 Å². The number of fused-ring (bicyclic) bond motifs is 2. The molecule has 0 saturated carbocycles. The van der Waals surface area contributed by atoms with E-state index in [2.05, 4.69) is 10.5 Å². The monoisotopic (exact) mass is 458 g/mol. The predicted octanol–water partition coefficient (Wildman–Crippen LogP) is 3.79. The number of anilines is 1. The third-order valence-electron chi connectivity index (χ3n) is 6.18.